The van der Waals surface area contributed by atoms with Crippen LogP contribution in [0.25, 0.3) is 44.4 Å². The fourth-order valence-electron chi connectivity index (χ4n) is 2.97. The maximum absolute atomic E-state index is 5.94. The van der Waals surface area contributed by atoms with E-state index in [-0.39, 0.29) is 0 Å². The fraction of sp³-hybridized carbons (Fsp3) is 0. The molecular formula is C19H11N3O. The maximum atomic E-state index is 5.94. The van der Waals surface area contributed by atoms with E-state index in [4.69, 9.17) is 4.42 Å². The summed E-state index contributed by atoms with van der Waals surface area (Å²) in [5.41, 5.74) is 4.98. The van der Waals surface area contributed by atoms with Gasteiger partial charge in [0, 0.05) is 22.5 Å². The van der Waals surface area contributed by atoms with Crippen molar-refractivity contribution < 1.29 is 4.42 Å². The van der Waals surface area contributed by atoms with Gasteiger partial charge in [0.1, 0.15) is 16.7 Å². The lowest BCUT2D eigenvalue weighted by molar-refractivity contribution is 0.669. The highest BCUT2D eigenvalue weighted by Crippen LogP contribution is 2.35. The largest absolute Gasteiger partial charge is 0.456 e. The van der Waals surface area contributed by atoms with E-state index in [2.05, 4.69) is 21.0 Å². The highest BCUT2D eigenvalue weighted by Gasteiger charge is 2.13. The van der Waals surface area contributed by atoms with Gasteiger partial charge in [0.15, 0.2) is 5.65 Å². The summed E-state index contributed by atoms with van der Waals surface area (Å²) in [5.74, 6) is 0. The Kier molecular flexibility index (Phi) is 2.46. The third kappa shape index (κ3) is 1.82. The first kappa shape index (κ1) is 12.3. The van der Waals surface area contributed by atoms with Crippen molar-refractivity contribution in [2.45, 2.75) is 0 Å². The summed E-state index contributed by atoms with van der Waals surface area (Å²) >= 11 is 0. The van der Waals surface area contributed by atoms with Crippen LogP contribution in [-0.2, 0) is 0 Å². The number of aromatic nitrogens is 3. The monoisotopic (exact) mass is 297 g/mol. The van der Waals surface area contributed by atoms with Crippen LogP contribution >= 0.6 is 0 Å². The molecule has 0 bridgehead atoms. The predicted octanol–water partition coefficient (Wildman–Crippen LogP) is 4.59. The van der Waals surface area contributed by atoms with Gasteiger partial charge >= 0.3 is 0 Å². The number of rotatable bonds is 1. The van der Waals surface area contributed by atoms with Crippen molar-refractivity contribution in [2.24, 2.45) is 0 Å². The second-order valence-electron chi connectivity index (χ2n) is 5.38. The van der Waals surface area contributed by atoms with Gasteiger partial charge in [-0.05, 0) is 24.3 Å². The average molecular weight is 297 g/mol. The summed E-state index contributed by atoms with van der Waals surface area (Å²) in [7, 11) is 0. The summed E-state index contributed by atoms with van der Waals surface area (Å²) in [6.07, 6.45) is 3.52. The van der Waals surface area contributed by atoms with Crippen LogP contribution in [0, 0.1) is 0 Å². The molecule has 108 valence electrons. The van der Waals surface area contributed by atoms with Crippen molar-refractivity contribution >= 4 is 33.1 Å². The van der Waals surface area contributed by atoms with Crippen LogP contribution in [0.2, 0.25) is 0 Å². The SMILES string of the molecule is c1cnc2nc(-c3cccc4oc5ccccc5c34)cnc2c1. The van der Waals surface area contributed by atoms with Gasteiger partial charge in [-0.25, -0.2) is 9.97 Å². The molecule has 0 aliphatic rings. The van der Waals surface area contributed by atoms with Gasteiger partial charge in [0.05, 0.1) is 11.9 Å². The Morgan fingerprint density at radius 1 is 0.783 bits per heavy atom. The van der Waals surface area contributed by atoms with E-state index in [1.807, 2.05) is 48.5 Å². The minimum absolute atomic E-state index is 0.648. The molecule has 0 saturated heterocycles. The van der Waals surface area contributed by atoms with Gasteiger partial charge in [-0.3, -0.25) is 4.98 Å². The lowest BCUT2D eigenvalue weighted by atomic mass is 10.0. The molecule has 0 amide bonds. The van der Waals surface area contributed by atoms with E-state index in [1.54, 1.807) is 12.4 Å². The maximum Gasteiger partial charge on any atom is 0.178 e. The second-order valence-corrected chi connectivity index (χ2v) is 5.38. The first-order valence-corrected chi connectivity index (χ1v) is 7.38. The number of nitrogens with zero attached hydrogens (tertiary/aromatic N) is 3. The van der Waals surface area contributed by atoms with Crippen molar-refractivity contribution in [1.29, 1.82) is 0 Å². The Bertz CT molecular complexity index is 1180. The molecule has 4 nitrogen and oxygen atoms in total. The quantitative estimate of drug-likeness (QED) is 0.454. The zero-order valence-corrected chi connectivity index (χ0v) is 12.1. The van der Waals surface area contributed by atoms with Gasteiger partial charge < -0.3 is 4.42 Å². The van der Waals surface area contributed by atoms with Crippen LogP contribution in [0.3, 0.4) is 0 Å². The molecule has 2 aromatic carbocycles. The highest BCUT2D eigenvalue weighted by atomic mass is 16.3. The van der Waals surface area contributed by atoms with Crippen molar-refractivity contribution in [3.8, 4) is 11.3 Å². The van der Waals surface area contributed by atoms with Crippen molar-refractivity contribution in [3.05, 3.63) is 67.0 Å². The first-order valence-electron chi connectivity index (χ1n) is 7.38. The molecule has 0 fully saturated rings. The van der Waals surface area contributed by atoms with Crippen molar-refractivity contribution in [2.75, 3.05) is 0 Å². The van der Waals surface area contributed by atoms with E-state index < -0.39 is 0 Å². The number of fused-ring (bicyclic) bond motifs is 4. The van der Waals surface area contributed by atoms with E-state index >= 15 is 0 Å². The number of para-hydroxylation sites is 1. The number of furan rings is 1. The van der Waals surface area contributed by atoms with Gasteiger partial charge in [-0.2, -0.15) is 0 Å². The van der Waals surface area contributed by atoms with Crippen LogP contribution in [0.4, 0.5) is 0 Å². The van der Waals surface area contributed by atoms with Crippen LogP contribution in [0.1, 0.15) is 0 Å². The molecule has 0 aliphatic heterocycles. The predicted molar refractivity (Wildman–Crippen MR) is 90.0 cm³/mol. The minimum Gasteiger partial charge on any atom is -0.456 e. The molecular weight excluding hydrogens is 286 g/mol. The Hall–Kier alpha value is -3.27. The zero-order valence-electron chi connectivity index (χ0n) is 12.1. The van der Waals surface area contributed by atoms with E-state index in [0.717, 1.165) is 38.7 Å². The number of hydrogen-bond acceptors (Lipinski definition) is 4. The van der Waals surface area contributed by atoms with Crippen LogP contribution in [-0.4, -0.2) is 15.0 Å². The van der Waals surface area contributed by atoms with Gasteiger partial charge in [0.2, 0.25) is 0 Å². The smallest absolute Gasteiger partial charge is 0.178 e. The van der Waals surface area contributed by atoms with Gasteiger partial charge in [0.25, 0.3) is 0 Å². The molecule has 0 unspecified atom stereocenters. The molecule has 0 spiro atoms. The topological polar surface area (TPSA) is 51.8 Å². The van der Waals surface area contributed by atoms with Crippen molar-refractivity contribution in [1.82, 2.24) is 15.0 Å². The van der Waals surface area contributed by atoms with Gasteiger partial charge in [-0.1, -0.05) is 30.3 Å². The average Bonchev–Trinajstić information content (AvgIpc) is 3.00. The molecule has 5 rings (SSSR count). The Morgan fingerprint density at radius 2 is 1.70 bits per heavy atom. The van der Waals surface area contributed by atoms with E-state index in [0.29, 0.717) is 5.65 Å². The van der Waals surface area contributed by atoms with Crippen LogP contribution < -0.4 is 0 Å². The summed E-state index contributed by atoms with van der Waals surface area (Å²) in [6, 6.07) is 17.8. The lowest BCUT2D eigenvalue weighted by Crippen LogP contribution is -1.91. The van der Waals surface area contributed by atoms with Crippen molar-refractivity contribution in [3.63, 3.8) is 0 Å². The molecule has 5 aromatic rings. The molecule has 0 radical (unpaired) electrons. The highest BCUT2D eigenvalue weighted by molar-refractivity contribution is 6.12. The second kappa shape index (κ2) is 4.61. The molecule has 3 aromatic heterocycles. The molecule has 0 N–H and O–H groups in total. The molecule has 0 atom stereocenters. The van der Waals surface area contributed by atoms with E-state index in [9.17, 15) is 0 Å². The van der Waals surface area contributed by atoms with Gasteiger partial charge in [-0.15, -0.1) is 0 Å². The molecule has 0 aliphatic carbocycles. The summed E-state index contributed by atoms with van der Waals surface area (Å²) in [4.78, 5) is 13.4. The minimum atomic E-state index is 0.648. The normalized spacial score (nSPS) is 11.5. The zero-order chi connectivity index (χ0) is 15.2. The standard InChI is InChI=1S/C19H11N3O/c1-2-8-16-13(5-1)18-12(6-3-9-17(18)23-16)15-11-21-14-7-4-10-20-19(14)22-15/h1-11H. The molecule has 0 saturated carbocycles. The van der Waals surface area contributed by atoms with Crippen LogP contribution in [0.5, 0.6) is 0 Å². The lowest BCUT2D eigenvalue weighted by Gasteiger charge is -2.03. The Labute approximate surface area is 131 Å². The molecule has 3 heterocycles. The molecule has 4 heteroatoms. The summed E-state index contributed by atoms with van der Waals surface area (Å²) in [6.45, 7) is 0. The fourth-order valence-corrected chi connectivity index (χ4v) is 2.97. The summed E-state index contributed by atoms with van der Waals surface area (Å²) in [5, 5.41) is 2.15. The number of pyridine rings is 1. The Morgan fingerprint density at radius 3 is 2.70 bits per heavy atom. The summed E-state index contributed by atoms with van der Waals surface area (Å²) < 4.78 is 5.94. The first-order chi connectivity index (χ1) is 11.4. The number of hydrogen-bond donors (Lipinski definition) is 0. The molecule has 23 heavy (non-hydrogen) atoms. The third-order valence-electron chi connectivity index (χ3n) is 4.00. The van der Waals surface area contributed by atoms with E-state index in [1.165, 1.54) is 0 Å². The van der Waals surface area contributed by atoms with Crippen LogP contribution in [0.15, 0.2) is 71.4 Å². The third-order valence-corrected chi connectivity index (χ3v) is 4.00. The number of benzene rings is 2. The Balaban J connectivity index is 1.87.